The van der Waals surface area contributed by atoms with Crippen LogP contribution in [0.5, 0.6) is 0 Å². The molecule has 0 saturated carbocycles. The van der Waals surface area contributed by atoms with Crippen molar-refractivity contribution in [3.8, 4) is 0 Å². The third-order valence-corrected chi connectivity index (χ3v) is 3.85. The van der Waals surface area contributed by atoms with Crippen molar-refractivity contribution in [2.24, 2.45) is 5.73 Å². The quantitative estimate of drug-likeness (QED) is 0.753. The van der Waals surface area contributed by atoms with Crippen molar-refractivity contribution in [1.29, 1.82) is 0 Å². The zero-order chi connectivity index (χ0) is 9.03. The summed E-state index contributed by atoms with van der Waals surface area (Å²) in [5.74, 6) is 0.111. The maximum atomic E-state index is 11.2. The van der Waals surface area contributed by atoms with Gasteiger partial charge in [0, 0.05) is 17.6 Å². The van der Waals surface area contributed by atoms with Gasteiger partial charge in [0.15, 0.2) is 9.84 Å². The number of sulfone groups is 1. The van der Waals surface area contributed by atoms with Crippen molar-refractivity contribution in [1.82, 2.24) is 4.98 Å². The molecule has 0 unspecified atom stereocenters. The zero-order valence-corrected chi connectivity index (χ0v) is 8.07. The predicted molar refractivity (Wildman–Crippen MR) is 48.7 cm³/mol. The van der Waals surface area contributed by atoms with Gasteiger partial charge in [0.25, 0.3) is 0 Å². The smallest absolute Gasteiger partial charge is 0.156 e. The van der Waals surface area contributed by atoms with E-state index in [2.05, 4.69) is 4.98 Å². The fourth-order valence-electron chi connectivity index (χ4n) is 0.782. The molecule has 1 heterocycles. The van der Waals surface area contributed by atoms with Crippen LogP contribution in [0.15, 0.2) is 11.7 Å². The van der Waals surface area contributed by atoms with Gasteiger partial charge in [-0.25, -0.2) is 8.42 Å². The Morgan fingerprint density at radius 1 is 1.58 bits per heavy atom. The van der Waals surface area contributed by atoms with E-state index in [1.54, 1.807) is 11.7 Å². The standard InChI is InChI=1S/C6H10N2O2S2/c7-1-2-12(9,10)4-6-3-8-5-11-6/h3,5H,1-2,4,7H2. The molecule has 0 spiro atoms. The first-order valence-corrected chi connectivity index (χ1v) is 6.12. The normalized spacial score (nSPS) is 11.8. The number of aromatic nitrogens is 1. The molecule has 0 aliphatic rings. The fourth-order valence-corrected chi connectivity index (χ4v) is 2.98. The number of hydrogen-bond donors (Lipinski definition) is 1. The summed E-state index contributed by atoms with van der Waals surface area (Å²) in [6.45, 7) is 0.182. The van der Waals surface area contributed by atoms with E-state index in [4.69, 9.17) is 5.73 Å². The summed E-state index contributed by atoms with van der Waals surface area (Å²) in [6, 6.07) is 0. The van der Waals surface area contributed by atoms with Crippen molar-refractivity contribution >= 4 is 21.2 Å². The lowest BCUT2D eigenvalue weighted by atomic mass is 10.6. The van der Waals surface area contributed by atoms with E-state index in [1.165, 1.54) is 11.3 Å². The van der Waals surface area contributed by atoms with Crippen LogP contribution in [-0.2, 0) is 15.6 Å². The number of thiazole rings is 1. The number of nitrogens with zero attached hydrogens (tertiary/aromatic N) is 1. The van der Waals surface area contributed by atoms with Crippen molar-refractivity contribution in [2.75, 3.05) is 12.3 Å². The molecule has 0 fully saturated rings. The summed E-state index contributed by atoms with van der Waals surface area (Å²) < 4.78 is 22.4. The summed E-state index contributed by atoms with van der Waals surface area (Å²) >= 11 is 1.34. The Bertz CT molecular complexity index is 317. The highest BCUT2D eigenvalue weighted by molar-refractivity contribution is 7.90. The summed E-state index contributed by atoms with van der Waals surface area (Å²) in [6.07, 6.45) is 1.57. The van der Waals surface area contributed by atoms with Gasteiger partial charge in [-0.15, -0.1) is 11.3 Å². The predicted octanol–water partition coefficient (Wildman–Crippen LogP) is 0.0166. The first-order chi connectivity index (χ1) is 5.64. The van der Waals surface area contributed by atoms with Crippen LogP contribution in [-0.4, -0.2) is 25.7 Å². The van der Waals surface area contributed by atoms with Gasteiger partial charge in [-0.05, 0) is 0 Å². The van der Waals surface area contributed by atoms with Crippen LogP contribution < -0.4 is 5.73 Å². The largest absolute Gasteiger partial charge is 0.329 e. The molecular formula is C6H10N2O2S2. The Morgan fingerprint density at radius 3 is 2.83 bits per heavy atom. The molecule has 6 heteroatoms. The van der Waals surface area contributed by atoms with Crippen molar-refractivity contribution in [2.45, 2.75) is 5.75 Å². The van der Waals surface area contributed by atoms with Crippen molar-refractivity contribution in [3.05, 3.63) is 16.6 Å². The molecule has 1 aromatic heterocycles. The van der Waals surface area contributed by atoms with Gasteiger partial charge in [0.05, 0.1) is 17.0 Å². The SMILES string of the molecule is NCCS(=O)(=O)Cc1cncs1. The van der Waals surface area contributed by atoms with Crippen molar-refractivity contribution in [3.63, 3.8) is 0 Å². The third-order valence-electron chi connectivity index (χ3n) is 1.27. The highest BCUT2D eigenvalue weighted by Crippen LogP contribution is 2.10. The molecule has 0 radical (unpaired) electrons. The summed E-state index contributed by atoms with van der Waals surface area (Å²) in [4.78, 5) is 4.56. The molecule has 12 heavy (non-hydrogen) atoms. The Balaban J connectivity index is 2.63. The van der Waals surface area contributed by atoms with Gasteiger partial charge in [-0.3, -0.25) is 4.98 Å². The third kappa shape index (κ3) is 2.88. The molecule has 68 valence electrons. The Morgan fingerprint density at radius 2 is 2.33 bits per heavy atom. The minimum atomic E-state index is -3.01. The summed E-state index contributed by atoms with van der Waals surface area (Å²) in [7, 11) is -3.01. The summed E-state index contributed by atoms with van der Waals surface area (Å²) in [5, 5.41) is 0. The topological polar surface area (TPSA) is 73.1 Å². The van der Waals surface area contributed by atoms with Crippen LogP contribution in [0.4, 0.5) is 0 Å². The second-order valence-corrected chi connectivity index (χ2v) is 5.50. The first kappa shape index (κ1) is 9.63. The lowest BCUT2D eigenvalue weighted by Crippen LogP contribution is -2.16. The van der Waals surface area contributed by atoms with Crippen LogP contribution in [0, 0.1) is 0 Å². The van der Waals surface area contributed by atoms with Crippen LogP contribution in [0.1, 0.15) is 4.88 Å². The van der Waals surface area contributed by atoms with E-state index < -0.39 is 9.84 Å². The average Bonchev–Trinajstić information content (AvgIpc) is 2.38. The molecule has 0 bridgehead atoms. The molecule has 0 amide bonds. The van der Waals surface area contributed by atoms with E-state index in [-0.39, 0.29) is 18.1 Å². The Kier molecular flexibility index (Phi) is 3.19. The highest BCUT2D eigenvalue weighted by Gasteiger charge is 2.11. The monoisotopic (exact) mass is 206 g/mol. The molecule has 0 aromatic carbocycles. The second kappa shape index (κ2) is 3.97. The molecule has 0 atom stereocenters. The molecule has 0 aliphatic carbocycles. The van der Waals surface area contributed by atoms with Crippen molar-refractivity contribution < 1.29 is 8.42 Å². The molecule has 2 N–H and O–H groups in total. The van der Waals surface area contributed by atoms with Gasteiger partial charge >= 0.3 is 0 Å². The second-order valence-electron chi connectivity index (χ2n) is 2.35. The van der Waals surface area contributed by atoms with Gasteiger partial charge in [-0.1, -0.05) is 0 Å². The maximum Gasteiger partial charge on any atom is 0.156 e. The molecule has 1 aromatic rings. The van der Waals surface area contributed by atoms with Gasteiger partial charge in [0.1, 0.15) is 0 Å². The average molecular weight is 206 g/mol. The van der Waals surface area contributed by atoms with Gasteiger partial charge < -0.3 is 5.73 Å². The van der Waals surface area contributed by atoms with E-state index in [0.29, 0.717) is 0 Å². The highest BCUT2D eigenvalue weighted by atomic mass is 32.2. The first-order valence-electron chi connectivity index (χ1n) is 3.42. The molecule has 1 rings (SSSR count). The van der Waals surface area contributed by atoms with Gasteiger partial charge in [-0.2, -0.15) is 0 Å². The molecule has 0 saturated heterocycles. The fraction of sp³-hybridized carbons (Fsp3) is 0.500. The molecule has 0 aliphatic heterocycles. The Labute approximate surface area is 75.4 Å². The molecular weight excluding hydrogens is 196 g/mol. The Hall–Kier alpha value is -0.460. The lowest BCUT2D eigenvalue weighted by Gasteiger charge is -1.98. The van der Waals surface area contributed by atoms with Crippen LogP contribution in [0.3, 0.4) is 0 Å². The minimum absolute atomic E-state index is 0.0465. The summed E-state index contributed by atoms with van der Waals surface area (Å²) in [5.41, 5.74) is 6.77. The number of nitrogens with two attached hydrogens (primary N) is 1. The van der Waals surface area contributed by atoms with E-state index in [1.807, 2.05) is 0 Å². The lowest BCUT2D eigenvalue weighted by molar-refractivity contribution is 0.595. The van der Waals surface area contributed by atoms with Crippen LogP contribution in [0.25, 0.3) is 0 Å². The maximum absolute atomic E-state index is 11.2. The zero-order valence-electron chi connectivity index (χ0n) is 6.43. The molecule has 4 nitrogen and oxygen atoms in total. The van der Waals surface area contributed by atoms with E-state index in [9.17, 15) is 8.42 Å². The number of rotatable bonds is 4. The van der Waals surface area contributed by atoms with E-state index in [0.717, 1.165) is 4.88 Å². The van der Waals surface area contributed by atoms with Crippen LogP contribution >= 0.6 is 11.3 Å². The van der Waals surface area contributed by atoms with E-state index >= 15 is 0 Å². The van der Waals surface area contributed by atoms with Gasteiger partial charge in [0.2, 0.25) is 0 Å². The number of hydrogen-bond acceptors (Lipinski definition) is 5. The minimum Gasteiger partial charge on any atom is -0.329 e. The van der Waals surface area contributed by atoms with Crippen LogP contribution in [0.2, 0.25) is 0 Å².